The molecule has 108 valence electrons. The molecular formula is C15H22N4O. The van der Waals surface area contributed by atoms with Crippen molar-refractivity contribution >= 4 is 0 Å². The number of pyridine rings is 1. The van der Waals surface area contributed by atoms with Gasteiger partial charge in [-0.15, -0.1) is 0 Å². The molecule has 0 atom stereocenters. The van der Waals surface area contributed by atoms with Gasteiger partial charge in [0.25, 0.3) is 0 Å². The predicted molar refractivity (Wildman–Crippen MR) is 78.5 cm³/mol. The van der Waals surface area contributed by atoms with Crippen molar-refractivity contribution in [1.82, 2.24) is 20.1 Å². The Hall–Kier alpha value is -1.88. The summed E-state index contributed by atoms with van der Waals surface area (Å²) in [5, 5.41) is 7.52. The Morgan fingerprint density at radius 3 is 2.85 bits per heavy atom. The van der Waals surface area contributed by atoms with Crippen molar-refractivity contribution in [3.05, 3.63) is 42.0 Å². The van der Waals surface area contributed by atoms with Crippen molar-refractivity contribution in [3.8, 4) is 5.75 Å². The molecule has 5 nitrogen and oxygen atoms in total. The van der Waals surface area contributed by atoms with Gasteiger partial charge in [0.05, 0.1) is 23.8 Å². The first-order valence-electron chi connectivity index (χ1n) is 7.12. The summed E-state index contributed by atoms with van der Waals surface area (Å²) in [5.74, 6) is 0.781. The van der Waals surface area contributed by atoms with Crippen LogP contribution in [0.25, 0.3) is 0 Å². The average Bonchev–Trinajstić information content (AvgIpc) is 2.94. The first kappa shape index (κ1) is 14.5. The first-order chi connectivity index (χ1) is 9.81. The van der Waals surface area contributed by atoms with Crippen molar-refractivity contribution in [1.29, 1.82) is 0 Å². The molecule has 0 spiro atoms. The Balaban J connectivity index is 1.87. The summed E-state index contributed by atoms with van der Waals surface area (Å²) in [5.41, 5.74) is 1.98. The minimum atomic E-state index is 0.469. The van der Waals surface area contributed by atoms with Crippen LogP contribution in [0.15, 0.2) is 30.6 Å². The number of nitrogens with zero attached hydrogens (tertiary/aromatic N) is 3. The van der Waals surface area contributed by atoms with Crippen molar-refractivity contribution in [2.45, 2.75) is 40.0 Å². The lowest BCUT2D eigenvalue weighted by molar-refractivity contribution is 0.300. The highest BCUT2D eigenvalue weighted by Gasteiger charge is 2.01. The van der Waals surface area contributed by atoms with Gasteiger partial charge in [0.15, 0.2) is 5.75 Å². The van der Waals surface area contributed by atoms with E-state index >= 15 is 0 Å². The largest absolute Gasteiger partial charge is 0.484 e. The zero-order chi connectivity index (χ0) is 14.2. The minimum absolute atomic E-state index is 0.469. The highest BCUT2D eigenvalue weighted by molar-refractivity contribution is 5.14. The first-order valence-corrected chi connectivity index (χ1v) is 7.12. The molecule has 0 amide bonds. The molecular weight excluding hydrogens is 252 g/mol. The summed E-state index contributed by atoms with van der Waals surface area (Å²) < 4.78 is 7.53. The Labute approximate surface area is 120 Å². The van der Waals surface area contributed by atoms with E-state index < -0.39 is 0 Å². The fourth-order valence-corrected chi connectivity index (χ4v) is 1.85. The van der Waals surface area contributed by atoms with Crippen LogP contribution >= 0.6 is 0 Å². The topological polar surface area (TPSA) is 52.0 Å². The van der Waals surface area contributed by atoms with Crippen LogP contribution in [0, 0.1) is 0 Å². The summed E-state index contributed by atoms with van der Waals surface area (Å²) in [4.78, 5) is 4.57. The number of rotatable bonds is 8. The Bertz CT molecular complexity index is 524. The predicted octanol–water partition coefficient (Wildman–Crippen LogP) is 2.38. The normalized spacial score (nSPS) is 10.7. The summed E-state index contributed by atoms with van der Waals surface area (Å²) in [6.45, 7) is 7.33. The van der Waals surface area contributed by atoms with Gasteiger partial charge in [-0.3, -0.25) is 9.67 Å². The molecule has 0 aliphatic rings. The zero-order valence-corrected chi connectivity index (χ0v) is 12.2. The number of aromatic nitrogens is 3. The van der Waals surface area contributed by atoms with Crippen LogP contribution in [0.2, 0.25) is 0 Å². The van der Waals surface area contributed by atoms with Crippen LogP contribution in [0.1, 0.15) is 31.7 Å². The SMILES string of the molecule is CCCNCc1cccc(COc2cnn(CC)c2)n1. The molecule has 0 radical (unpaired) electrons. The van der Waals surface area contributed by atoms with Gasteiger partial charge in [-0.2, -0.15) is 5.10 Å². The lowest BCUT2D eigenvalue weighted by atomic mass is 10.3. The van der Waals surface area contributed by atoms with Crippen molar-refractivity contribution in [3.63, 3.8) is 0 Å². The van der Waals surface area contributed by atoms with Gasteiger partial charge in [-0.1, -0.05) is 13.0 Å². The minimum Gasteiger partial charge on any atom is -0.484 e. The molecule has 2 heterocycles. The maximum Gasteiger partial charge on any atom is 0.157 e. The van der Waals surface area contributed by atoms with E-state index in [-0.39, 0.29) is 0 Å². The molecule has 2 rings (SSSR count). The number of hydrogen-bond donors (Lipinski definition) is 1. The van der Waals surface area contributed by atoms with E-state index in [0.717, 1.165) is 43.2 Å². The Morgan fingerprint density at radius 2 is 2.10 bits per heavy atom. The third-order valence-electron chi connectivity index (χ3n) is 2.92. The van der Waals surface area contributed by atoms with E-state index in [1.165, 1.54) is 0 Å². The fraction of sp³-hybridized carbons (Fsp3) is 0.467. The zero-order valence-electron chi connectivity index (χ0n) is 12.2. The van der Waals surface area contributed by atoms with Crippen molar-refractivity contribution < 1.29 is 4.74 Å². The van der Waals surface area contributed by atoms with Crippen LogP contribution in [-0.4, -0.2) is 21.3 Å². The van der Waals surface area contributed by atoms with Gasteiger partial charge < -0.3 is 10.1 Å². The van der Waals surface area contributed by atoms with E-state index in [0.29, 0.717) is 6.61 Å². The molecule has 0 saturated carbocycles. The number of ether oxygens (including phenoxy) is 1. The maximum atomic E-state index is 5.69. The molecule has 0 bridgehead atoms. The molecule has 2 aromatic heterocycles. The van der Waals surface area contributed by atoms with E-state index in [1.807, 2.05) is 36.0 Å². The highest BCUT2D eigenvalue weighted by atomic mass is 16.5. The standard InChI is InChI=1S/C15H22N4O/c1-3-8-16-9-13-6-5-7-14(18-13)12-20-15-10-17-19(4-2)11-15/h5-7,10-11,16H,3-4,8-9,12H2,1-2H3. The third-order valence-corrected chi connectivity index (χ3v) is 2.92. The molecule has 0 aliphatic carbocycles. The second-order valence-corrected chi connectivity index (χ2v) is 4.62. The second kappa shape index (κ2) is 7.65. The van der Waals surface area contributed by atoms with E-state index in [2.05, 4.69) is 22.3 Å². The molecule has 0 aliphatic heterocycles. The summed E-state index contributed by atoms with van der Waals surface area (Å²) in [7, 11) is 0. The summed E-state index contributed by atoms with van der Waals surface area (Å²) in [6, 6.07) is 6.03. The Kier molecular flexibility index (Phi) is 5.55. The summed E-state index contributed by atoms with van der Waals surface area (Å²) in [6.07, 6.45) is 4.76. The van der Waals surface area contributed by atoms with Crippen LogP contribution in [0.5, 0.6) is 5.75 Å². The van der Waals surface area contributed by atoms with Gasteiger partial charge in [-0.05, 0) is 32.0 Å². The van der Waals surface area contributed by atoms with Gasteiger partial charge >= 0.3 is 0 Å². The lowest BCUT2D eigenvalue weighted by Gasteiger charge is -2.06. The molecule has 0 fully saturated rings. The third kappa shape index (κ3) is 4.35. The summed E-state index contributed by atoms with van der Waals surface area (Å²) >= 11 is 0. The van der Waals surface area contributed by atoms with E-state index in [4.69, 9.17) is 4.74 Å². The molecule has 5 heteroatoms. The molecule has 20 heavy (non-hydrogen) atoms. The van der Waals surface area contributed by atoms with Gasteiger partial charge in [-0.25, -0.2) is 0 Å². The second-order valence-electron chi connectivity index (χ2n) is 4.62. The Morgan fingerprint density at radius 1 is 1.25 bits per heavy atom. The van der Waals surface area contributed by atoms with Crippen LogP contribution in [-0.2, 0) is 19.7 Å². The van der Waals surface area contributed by atoms with E-state index in [1.54, 1.807) is 6.20 Å². The lowest BCUT2D eigenvalue weighted by Crippen LogP contribution is -2.15. The van der Waals surface area contributed by atoms with Crippen LogP contribution in [0.3, 0.4) is 0 Å². The van der Waals surface area contributed by atoms with Gasteiger partial charge in [0, 0.05) is 13.1 Å². The van der Waals surface area contributed by atoms with Crippen LogP contribution in [0.4, 0.5) is 0 Å². The maximum absolute atomic E-state index is 5.69. The van der Waals surface area contributed by atoms with Crippen molar-refractivity contribution in [2.24, 2.45) is 0 Å². The monoisotopic (exact) mass is 274 g/mol. The highest BCUT2D eigenvalue weighted by Crippen LogP contribution is 2.10. The number of nitrogens with one attached hydrogen (secondary N) is 1. The number of hydrogen-bond acceptors (Lipinski definition) is 4. The quantitative estimate of drug-likeness (QED) is 0.751. The fourth-order valence-electron chi connectivity index (χ4n) is 1.85. The average molecular weight is 274 g/mol. The molecule has 1 N–H and O–H groups in total. The van der Waals surface area contributed by atoms with Gasteiger partial charge in [0.2, 0.25) is 0 Å². The van der Waals surface area contributed by atoms with Crippen molar-refractivity contribution in [2.75, 3.05) is 6.54 Å². The molecule has 0 aromatic carbocycles. The van der Waals surface area contributed by atoms with Crippen LogP contribution < -0.4 is 10.1 Å². The number of aryl methyl sites for hydroxylation is 1. The molecule has 0 saturated heterocycles. The molecule has 2 aromatic rings. The van der Waals surface area contributed by atoms with Gasteiger partial charge in [0.1, 0.15) is 6.61 Å². The smallest absolute Gasteiger partial charge is 0.157 e. The van der Waals surface area contributed by atoms with E-state index in [9.17, 15) is 0 Å². The molecule has 0 unspecified atom stereocenters.